The van der Waals surface area contributed by atoms with Crippen LogP contribution in [0.2, 0.25) is 0 Å². The number of para-hydroxylation sites is 1. The van der Waals surface area contributed by atoms with Gasteiger partial charge in [0.15, 0.2) is 5.82 Å². The molecule has 0 aliphatic carbocycles. The van der Waals surface area contributed by atoms with E-state index in [2.05, 4.69) is 19.9 Å². The highest BCUT2D eigenvalue weighted by molar-refractivity contribution is 7.20. The number of ether oxygens (including phenoxy) is 2. The van der Waals surface area contributed by atoms with Crippen molar-refractivity contribution in [2.75, 3.05) is 21.3 Å². The van der Waals surface area contributed by atoms with Crippen molar-refractivity contribution >= 4 is 38.4 Å². The van der Waals surface area contributed by atoms with Crippen LogP contribution in [0.4, 0.5) is 0 Å². The molecule has 0 fully saturated rings. The van der Waals surface area contributed by atoms with Crippen LogP contribution < -0.4 is 4.74 Å². The molecule has 31 heavy (non-hydrogen) atoms. The number of methoxy groups -OCH3 is 2. The van der Waals surface area contributed by atoms with Gasteiger partial charge < -0.3 is 14.4 Å². The zero-order valence-corrected chi connectivity index (χ0v) is 18.9. The molecule has 0 unspecified atom stereocenters. The zero-order valence-electron chi connectivity index (χ0n) is 18.1. The first-order valence-electron chi connectivity index (χ1n) is 9.73. The molecule has 4 aromatic rings. The van der Waals surface area contributed by atoms with Gasteiger partial charge in [-0.15, -0.1) is 11.3 Å². The van der Waals surface area contributed by atoms with Crippen molar-refractivity contribution in [2.45, 2.75) is 27.0 Å². The van der Waals surface area contributed by atoms with Crippen LogP contribution in [0.1, 0.15) is 32.6 Å². The molecule has 0 saturated heterocycles. The van der Waals surface area contributed by atoms with E-state index in [0.29, 0.717) is 33.8 Å². The minimum absolute atomic E-state index is 0.120. The van der Waals surface area contributed by atoms with E-state index in [1.54, 1.807) is 26.2 Å². The number of thiophene rings is 1. The quantitative estimate of drug-likeness (QED) is 0.454. The Balaban J connectivity index is 1.66. The van der Waals surface area contributed by atoms with Gasteiger partial charge in [-0.2, -0.15) is 4.98 Å². The molecule has 0 aliphatic heterocycles. The Bertz CT molecular complexity index is 1290. The van der Waals surface area contributed by atoms with Crippen molar-refractivity contribution in [1.29, 1.82) is 0 Å². The van der Waals surface area contributed by atoms with Gasteiger partial charge in [0.1, 0.15) is 17.3 Å². The standard InChI is InChI=1S/C22H23N5O3S/c1-12-18-20(30-5)25-17(11-29-4)26-21(18)31-19(12)22(28)27(3)10-16-23-13(2)14-8-6-7-9-15(14)24-16/h6-9H,10-11H2,1-5H3. The number of hydrogen-bond acceptors (Lipinski definition) is 8. The number of hydrogen-bond donors (Lipinski definition) is 0. The molecular formula is C22H23N5O3S. The van der Waals surface area contributed by atoms with Crippen LogP contribution in [0.15, 0.2) is 24.3 Å². The number of benzene rings is 1. The fraction of sp³-hybridized carbons (Fsp3) is 0.318. The molecule has 8 nitrogen and oxygen atoms in total. The predicted octanol–water partition coefficient (Wildman–Crippen LogP) is 3.68. The Morgan fingerprint density at radius 1 is 1.06 bits per heavy atom. The van der Waals surface area contributed by atoms with Crippen LogP contribution in [-0.4, -0.2) is 52.0 Å². The topological polar surface area (TPSA) is 90.3 Å². The van der Waals surface area contributed by atoms with Crippen molar-refractivity contribution < 1.29 is 14.3 Å². The van der Waals surface area contributed by atoms with Crippen molar-refractivity contribution in [3.63, 3.8) is 0 Å². The molecule has 1 amide bonds. The van der Waals surface area contributed by atoms with E-state index in [-0.39, 0.29) is 12.5 Å². The average molecular weight is 438 g/mol. The van der Waals surface area contributed by atoms with Crippen LogP contribution >= 0.6 is 11.3 Å². The summed E-state index contributed by atoms with van der Waals surface area (Å²) in [6.07, 6.45) is 0. The molecule has 0 aliphatic rings. The summed E-state index contributed by atoms with van der Waals surface area (Å²) in [5.41, 5.74) is 2.56. The van der Waals surface area contributed by atoms with Gasteiger partial charge in [0.25, 0.3) is 5.91 Å². The Morgan fingerprint density at radius 3 is 2.58 bits per heavy atom. The highest BCUT2D eigenvalue weighted by Crippen LogP contribution is 2.35. The Morgan fingerprint density at radius 2 is 1.84 bits per heavy atom. The van der Waals surface area contributed by atoms with Gasteiger partial charge in [-0.1, -0.05) is 18.2 Å². The first kappa shape index (κ1) is 21.1. The lowest BCUT2D eigenvalue weighted by atomic mass is 10.2. The average Bonchev–Trinajstić information content (AvgIpc) is 3.09. The molecule has 1 aromatic carbocycles. The molecule has 0 bridgehead atoms. The molecule has 9 heteroatoms. The lowest BCUT2D eigenvalue weighted by Gasteiger charge is -2.16. The molecular weight excluding hydrogens is 414 g/mol. The third-order valence-electron chi connectivity index (χ3n) is 5.03. The van der Waals surface area contributed by atoms with Gasteiger partial charge in [0, 0.05) is 25.2 Å². The number of aryl methyl sites for hydroxylation is 2. The third-order valence-corrected chi connectivity index (χ3v) is 6.20. The minimum Gasteiger partial charge on any atom is -0.480 e. The molecule has 0 spiro atoms. The summed E-state index contributed by atoms with van der Waals surface area (Å²) in [4.78, 5) is 34.3. The van der Waals surface area contributed by atoms with Gasteiger partial charge in [-0.05, 0) is 25.5 Å². The maximum Gasteiger partial charge on any atom is 0.264 e. The number of rotatable bonds is 6. The van der Waals surface area contributed by atoms with Crippen molar-refractivity contribution in [2.24, 2.45) is 0 Å². The maximum atomic E-state index is 13.3. The first-order valence-corrected chi connectivity index (χ1v) is 10.5. The second kappa shape index (κ2) is 8.52. The molecule has 0 N–H and O–H groups in total. The van der Waals surface area contributed by atoms with Crippen LogP contribution in [0.3, 0.4) is 0 Å². The second-order valence-electron chi connectivity index (χ2n) is 7.22. The Hall–Kier alpha value is -3.17. The number of carbonyl (C=O) groups is 1. The lowest BCUT2D eigenvalue weighted by molar-refractivity contribution is 0.0786. The first-order chi connectivity index (χ1) is 14.9. The van der Waals surface area contributed by atoms with E-state index in [4.69, 9.17) is 9.47 Å². The molecule has 4 rings (SSSR count). The lowest BCUT2D eigenvalue weighted by Crippen LogP contribution is -2.27. The van der Waals surface area contributed by atoms with Crippen LogP contribution in [0.5, 0.6) is 5.88 Å². The van der Waals surface area contributed by atoms with Gasteiger partial charge in [0.05, 0.1) is 29.4 Å². The van der Waals surface area contributed by atoms with E-state index in [1.807, 2.05) is 38.1 Å². The fourth-order valence-corrected chi connectivity index (χ4v) is 4.70. The molecule has 3 aromatic heterocycles. The number of nitrogens with zero attached hydrogens (tertiary/aromatic N) is 5. The molecule has 160 valence electrons. The molecule has 3 heterocycles. The molecule has 0 radical (unpaired) electrons. The zero-order chi connectivity index (χ0) is 22.1. The number of fused-ring (bicyclic) bond motifs is 2. The smallest absolute Gasteiger partial charge is 0.264 e. The summed E-state index contributed by atoms with van der Waals surface area (Å²) in [6.45, 7) is 4.41. The highest BCUT2D eigenvalue weighted by atomic mass is 32.1. The summed E-state index contributed by atoms with van der Waals surface area (Å²) < 4.78 is 10.6. The van der Waals surface area contributed by atoms with Gasteiger partial charge in [-0.3, -0.25) is 4.79 Å². The summed E-state index contributed by atoms with van der Waals surface area (Å²) in [5.74, 6) is 1.44. The number of aromatic nitrogens is 4. The monoisotopic (exact) mass is 437 g/mol. The number of amides is 1. The van der Waals surface area contributed by atoms with E-state index in [0.717, 1.165) is 27.5 Å². The van der Waals surface area contributed by atoms with E-state index < -0.39 is 0 Å². The SMILES string of the molecule is COCc1nc(OC)c2c(C)c(C(=O)N(C)Cc3nc(C)c4ccccc4n3)sc2n1. The molecule has 0 atom stereocenters. The van der Waals surface area contributed by atoms with Crippen LogP contribution in [-0.2, 0) is 17.9 Å². The van der Waals surface area contributed by atoms with E-state index in [9.17, 15) is 4.79 Å². The number of carbonyl (C=O) groups excluding carboxylic acids is 1. The maximum absolute atomic E-state index is 13.3. The van der Waals surface area contributed by atoms with Gasteiger partial charge in [-0.25, -0.2) is 15.0 Å². The third kappa shape index (κ3) is 3.94. The summed E-state index contributed by atoms with van der Waals surface area (Å²) in [5, 5.41) is 1.76. The van der Waals surface area contributed by atoms with Crippen LogP contribution in [0, 0.1) is 13.8 Å². The summed E-state index contributed by atoms with van der Waals surface area (Å²) in [7, 11) is 4.89. The van der Waals surface area contributed by atoms with Gasteiger partial charge >= 0.3 is 0 Å². The van der Waals surface area contributed by atoms with Crippen molar-refractivity contribution in [3.05, 3.63) is 52.0 Å². The van der Waals surface area contributed by atoms with Crippen molar-refractivity contribution in [1.82, 2.24) is 24.8 Å². The minimum atomic E-state index is -0.120. The second-order valence-corrected chi connectivity index (χ2v) is 8.22. The Labute approximate surface area is 183 Å². The summed E-state index contributed by atoms with van der Waals surface area (Å²) in [6, 6.07) is 7.86. The van der Waals surface area contributed by atoms with Gasteiger partial charge in [0.2, 0.25) is 5.88 Å². The predicted molar refractivity (Wildman–Crippen MR) is 119 cm³/mol. The van der Waals surface area contributed by atoms with E-state index >= 15 is 0 Å². The van der Waals surface area contributed by atoms with Crippen molar-refractivity contribution in [3.8, 4) is 5.88 Å². The molecule has 0 saturated carbocycles. The summed E-state index contributed by atoms with van der Waals surface area (Å²) >= 11 is 1.33. The highest BCUT2D eigenvalue weighted by Gasteiger charge is 2.24. The largest absolute Gasteiger partial charge is 0.480 e. The fourth-order valence-electron chi connectivity index (χ4n) is 3.51. The van der Waals surface area contributed by atoms with E-state index in [1.165, 1.54) is 11.3 Å². The Kier molecular flexibility index (Phi) is 5.79. The normalized spacial score (nSPS) is 11.3. The van der Waals surface area contributed by atoms with Crippen LogP contribution in [0.25, 0.3) is 21.1 Å².